The summed E-state index contributed by atoms with van der Waals surface area (Å²) in [6.45, 7) is 5.57. The van der Waals surface area contributed by atoms with Gasteiger partial charge in [0, 0.05) is 36.6 Å². The number of likely N-dealkylation sites (tertiary alicyclic amines) is 1. The summed E-state index contributed by atoms with van der Waals surface area (Å²) < 4.78 is 32.4. The van der Waals surface area contributed by atoms with Crippen molar-refractivity contribution in [1.82, 2.24) is 14.1 Å². The molecule has 1 amide bonds. The lowest BCUT2D eigenvalue weighted by Crippen LogP contribution is -2.55. The Morgan fingerprint density at radius 1 is 1.03 bits per heavy atom. The second kappa shape index (κ2) is 10.6. The summed E-state index contributed by atoms with van der Waals surface area (Å²) in [4.78, 5) is 17.8. The molecule has 7 nitrogen and oxygen atoms in total. The minimum absolute atomic E-state index is 0.105. The van der Waals surface area contributed by atoms with Crippen LogP contribution in [0, 0.1) is 0 Å². The van der Waals surface area contributed by atoms with Gasteiger partial charge in [-0.25, -0.2) is 13.2 Å². The molecule has 0 radical (unpaired) electrons. The van der Waals surface area contributed by atoms with Crippen molar-refractivity contribution >= 4 is 16.1 Å². The van der Waals surface area contributed by atoms with Gasteiger partial charge in [0.15, 0.2) is 0 Å². The number of amides is 1. The number of hydrogen-bond donors (Lipinski definition) is 0. The minimum atomic E-state index is -3.25. The van der Waals surface area contributed by atoms with Gasteiger partial charge < -0.3 is 14.5 Å². The molecule has 200 valence electrons. The largest absolute Gasteiger partial charge is 0.449 e. The molecule has 3 unspecified atom stereocenters. The van der Waals surface area contributed by atoms with Gasteiger partial charge in [-0.2, -0.15) is 4.31 Å². The molecule has 4 heterocycles. The molecule has 3 fully saturated rings. The van der Waals surface area contributed by atoms with E-state index in [4.69, 9.17) is 4.74 Å². The Bertz CT molecular complexity index is 1040. The Kier molecular flexibility index (Phi) is 7.66. The van der Waals surface area contributed by atoms with Crippen molar-refractivity contribution in [2.24, 2.45) is 0 Å². The first-order valence-electron chi connectivity index (χ1n) is 14.0. The van der Waals surface area contributed by atoms with Gasteiger partial charge in [-0.15, -0.1) is 0 Å². The predicted molar refractivity (Wildman–Crippen MR) is 141 cm³/mol. The van der Waals surface area contributed by atoms with Gasteiger partial charge in [-0.05, 0) is 75.6 Å². The predicted octanol–water partition coefficient (Wildman–Crippen LogP) is 4.51. The Hall–Kier alpha value is -1.64. The van der Waals surface area contributed by atoms with Gasteiger partial charge in [0.25, 0.3) is 0 Å². The summed E-state index contributed by atoms with van der Waals surface area (Å²) in [5, 5.41) is 0. The number of nitrogens with zero attached hydrogens (tertiary/aromatic N) is 3. The maximum atomic E-state index is 13.0. The summed E-state index contributed by atoms with van der Waals surface area (Å²) >= 11 is 0. The second-order valence-corrected chi connectivity index (χ2v) is 13.6. The first-order chi connectivity index (χ1) is 17.3. The highest BCUT2D eigenvalue weighted by molar-refractivity contribution is 7.88. The van der Waals surface area contributed by atoms with Crippen LogP contribution >= 0.6 is 0 Å². The van der Waals surface area contributed by atoms with Crippen molar-refractivity contribution in [1.29, 1.82) is 0 Å². The number of rotatable bonds is 4. The molecule has 0 saturated carbocycles. The van der Waals surface area contributed by atoms with Crippen LogP contribution in [0.3, 0.4) is 0 Å². The van der Waals surface area contributed by atoms with E-state index in [0.29, 0.717) is 31.8 Å². The highest BCUT2D eigenvalue weighted by atomic mass is 32.2. The molecular weight excluding hydrogens is 474 g/mol. The van der Waals surface area contributed by atoms with Crippen LogP contribution in [0.15, 0.2) is 24.3 Å². The molecule has 4 aliphatic rings. The average molecular weight is 518 g/mol. The molecule has 0 aliphatic carbocycles. The maximum absolute atomic E-state index is 13.0. The summed E-state index contributed by atoms with van der Waals surface area (Å²) in [5.74, 6) is 0. The second-order valence-electron chi connectivity index (χ2n) is 11.6. The molecule has 0 aromatic heterocycles. The molecule has 36 heavy (non-hydrogen) atoms. The smallest absolute Gasteiger partial charge is 0.410 e. The van der Waals surface area contributed by atoms with Gasteiger partial charge in [0.1, 0.15) is 0 Å². The van der Waals surface area contributed by atoms with Gasteiger partial charge in [-0.1, -0.05) is 44.0 Å². The van der Waals surface area contributed by atoms with E-state index in [9.17, 15) is 13.2 Å². The van der Waals surface area contributed by atoms with Crippen molar-refractivity contribution < 1.29 is 17.9 Å². The van der Waals surface area contributed by atoms with Gasteiger partial charge in [-0.3, -0.25) is 0 Å². The summed E-state index contributed by atoms with van der Waals surface area (Å²) in [5.41, 5.74) is 2.40. The molecule has 3 atom stereocenters. The molecule has 1 aromatic carbocycles. The zero-order valence-corrected chi connectivity index (χ0v) is 22.8. The Morgan fingerprint density at radius 3 is 2.44 bits per heavy atom. The first kappa shape index (κ1) is 26.0. The lowest BCUT2D eigenvalue weighted by Gasteiger charge is -2.49. The van der Waals surface area contributed by atoms with Gasteiger partial charge in [0.05, 0.1) is 12.9 Å². The van der Waals surface area contributed by atoms with Gasteiger partial charge >= 0.3 is 6.09 Å². The fourth-order valence-electron chi connectivity index (χ4n) is 7.38. The molecule has 4 aliphatic heterocycles. The van der Waals surface area contributed by atoms with Crippen molar-refractivity contribution in [3.05, 3.63) is 35.4 Å². The number of ether oxygens (including phenoxy) is 1. The minimum Gasteiger partial charge on any atom is -0.449 e. The van der Waals surface area contributed by atoms with Crippen LogP contribution in [0.1, 0.15) is 82.3 Å². The van der Waals surface area contributed by atoms with E-state index >= 15 is 0 Å². The topological polar surface area (TPSA) is 70.2 Å². The molecule has 3 saturated heterocycles. The maximum Gasteiger partial charge on any atom is 0.410 e. The molecular formula is C28H43N3O4S. The number of fused-ring (bicyclic) bond motifs is 4. The fraction of sp³-hybridized carbons (Fsp3) is 0.750. The van der Waals surface area contributed by atoms with Crippen molar-refractivity contribution in [2.75, 3.05) is 32.5 Å². The normalized spacial score (nSPS) is 29.3. The van der Waals surface area contributed by atoms with E-state index < -0.39 is 10.0 Å². The molecule has 1 aromatic rings. The third-order valence-electron chi connectivity index (χ3n) is 9.28. The Labute approximate surface area is 217 Å². The number of carbonyl (C=O) groups excluding carboxylic acids is 1. The standard InChI is InChI=1S/C28H43N3O4S/c1-3-18-35-27(32)31-23-9-5-6-10-25(31)19-24(13-12-23)29-16-14-28(15-17-29)21-30(36(2,33)34)20-22-8-4-7-11-26(22)28/h4,7-8,11,23-25H,3,5-6,9-10,12-21H2,1-2H3. The van der Waals surface area contributed by atoms with Crippen LogP contribution in [0.25, 0.3) is 0 Å². The molecule has 5 rings (SSSR count). The SMILES string of the molecule is CCCOC(=O)N1C2CCCCC1CC(N1CCC3(CC1)CN(S(C)(=O)=O)Cc1ccccc13)CC2. The van der Waals surface area contributed by atoms with Crippen LogP contribution in [0.4, 0.5) is 4.79 Å². The van der Waals surface area contributed by atoms with Crippen LogP contribution in [0.5, 0.6) is 0 Å². The summed E-state index contributed by atoms with van der Waals surface area (Å²) in [7, 11) is -3.25. The monoisotopic (exact) mass is 517 g/mol. The fourth-order valence-corrected chi connectivity index (χ4v) is 8.24. The number of hydrogen-bond acceptors (Lipinski definition) is 5. The molecule has 1 spiro atoms. The third kappa shape index (κ3) is 5.18. The molecule has 0 N–H and O–H groups in total. The van der Waals surface area contributed by atoms with Crippen molar-refractivity contribution in [3.63, 3.8) is 0 Å². The van der Waals surface area contributed by atoms with Crippen LogP contribution in [-0.4, -0.2) is 79.2 Å². The first-order valence-corrected chi connectivity index (χ1v) is 15.9. The lowest BCUT2D eigenvalue weighted by molar-refractivity contribution is 0.0594. The number of carbonyl (C=O) groups is 1. The third-order valence-corrected chi connectivity index (χ3v) is 10.5. The van der Waals surface area contributed by atoms with E-state index in [1.54, 1.807) is 4.31 Å². The lowest BCUT2D eigenvalue weighted by atomic mass is 9.69. The van der Waals surface area contributed by atoms with Crippen LogP contribution in [0.2, 0.25) is 0 Å². The van der Waals surface area contributed by atoms with Crippen LogP contribution < -0.4 is 0 Å². The van der Waals surface area contributed by atoms with E-state index in [2.05, 4.69) is 28.0 Å². The van der Waals surface area contributed by atoms with Gasteiger partial charge in [0.2, 0.25) is 10.0 Å². The summed E-state index contributed by atoms with van der Waals surface area (Å²) in [6, 6.07) is 9.49. The highest BCUT2D eigenvalue weighted by Crippen LogP contribution is 2.44. The van der Waals surface area contributed by atoms with Crippen molar-refractivity contribution in [2.45, 2.75) is 101 Å². The Balaban J connectivity index is 1.31. The van der Waals surface area contributed by atoms with Crippen molar-refractivity contribution in [3.8, 4) is 0 Å². The highest BCUT2D eigenvalue weighted by Gasteiger charge is 2.46. The quantitative estimate of drug-likeness (QED) is 0.588. The molecule has 2 bridgehead atoms. The number of sulfonamides is 1. The average Bonchev–Trinajstić information content (AvgIpc) is 3.18. The van der Waals surface area contributed by atoms with E-state index in [1.807, 2.05) is 13.0 Å². The Morgan fingerprint density at radius 2 is 1.72 bits per heavy atom. The zero-order chi connectivity index (χ0) is 25.3. The van der Waals surface area contributed by atoms with Crippen LogP contribution in [-0.2, 0) is 26.7 Å². The summed E-state index contributed by atoms with van der Waals surface area (Å²) in [6.07, 6.45) is 11.8. The number of piperidine rings is 1. The van der Waals surface area contributed by atoms with E-state index in [0.717, 1.165) is 70.0 Å². The number of benzene rings is 1. The zero-order valence-electron chi connectivity index (χ0n) is 22.0. The van der Waals surface area contributed by atoms with E-state index in [1.165, 1.54) is 24.7 Å². The molecule has 8 heteroatoms. The van der Waals surface area contributed by atoms with E-state index in [-0.39, 0.29) is 17.6 Å².